The van der Waals surface area contributed by atoms with Gasteiger partial charge < -0.3 is 4.74 Å². The molecule has 3 heteroatoms. The molecule has 0 aliphatic carbocycles. The van der Waals surface area contributed by atoms with Gasteiger partial charge in [-0.05, 0) is 37.0 Å². The van der Waals surface area contributed by atoms with Gasteiger partial charge in [-0.15, -0.1) is 0 Å². The van der Waals surface area contributed by atoms with Crippen LogP contribution in [0.3, 0.4) is 0 Å². The van der Waals surface area contributed by atoms with Crippen LogP contribution in [0.4, 0.5) is 4.39 Å². The molecule has 0 saturated carbocycles. The molecule has 2 rings (SSSR count). The number of hydrogen-bond acceptors (Lipinski definition) is 2. The second-order valence-electron chi connectivity index (χ2n) is 4.69. The van der Waals surface area contributed by atoms with E-state index >= 15 is 0 Å². The fourth-order valence-corrected chi connectivity index (χ4v) is 2.39. The van der Waals surface area contributed by atoms with Gasteiger partial charge in [0.1, 0.15) is 5.82 Å². The van der Waals surface area contributed by atoms with Crippen molar-refractivity contribution < 1.29 is 9.13 Å². The topological polar surface area (TPSA) is 33.0 Å². The van der Waals surface area contributed by atoms with Gasteiger partial charge in [0, 0.05) is 24.7 Å². The molecular formula is C19H28FNO. The molecule has 0 N–H and O–H groups in total. The van der Waals surface area contributed by atoms with Crippen LogP contribution in [0, 0.1) is 24.1 Å². The molecule has 0 radical (unpaired) electrons. The monoisotopic (exact) mass is 305 g/mol. The van der Waals surface area contributed by atoms with E-state index < -0.39 is 0 Å². The third-order valence-electron chi connectivity index (χ3n) is 3.61. The SMILES string of the molecule is CC.CC.Cc1ccc(C2(/C=C/C#N)CCOCC2)cc1F. The maximum atomic E-state index is 13.7. The summed E-state index contributed by atoms with van der Waals surface area (Å²) in [5, 5.41) is 8.71. The zero-order chi connectivity index (χ0) is 17.0. The Morgan fingerprint density at radius 3 is 2.27 bits per heavy atom. The van der Waals surface area contributed by atoms with Gasteiger partial charge in [-0.3, -0.25) is 0 Å². The number of benzene rings is 1. The number of nitrogens with zero attached hydrogens (tertiary/aromatic N) is 1. The van der Waals surface area contributed by atoms with Crippen molar-refractivity contribution >= 4 is 0 Å². The van der Waals surface area contributed by atoms with Crippen LogP contribution in [0.2, 0.25) is 0 Å². The van der Waals surface area contributed by atoms with Crippen molar-refractivity contribution in [2.24, 2.45) is 0 Å². The molecule has 1 heterocycles. The lowest BCUT2D eigenvalue weighted by Crippen LogP contribution is -2.32. The number of rotatable bonds is 2. The summed E-state index contributed by atoms with van der Waals surface area (Å²) in [5.74, 6) is -0.191. The fraction of sp³-hybridized carbons (Fsp3) is 0.526. The summed E-state index contributed by atoms with van der Waals surface area (Å²) in [4.78, 5) is 0. The molecule has 0 bridgehead atoms. The number of halogens is 1. The summed E-state index contributed by atoms with van der Waals surface area (Å²) < 4.78 is 19.1. The van der Waals surface area contributed by atoms with Crippen LogP contribution in [-0.2, 0) is 10.2 Å². The Bertz CT molecular complexity index is 497. The normalized spacial score (nSPS) is 15.9. The number of ether oxygens (including phenoxy) is 1. The second kappa shape index (κ2) is 11.0. The number of nitriles is 1. The smallest absolute Gasteiger partial charge is 0.126 e. The van der Waals surface area contributed by atoms with E-state index in [0.717, 1.165) is 18.4 Å². The predicted octanol–water partition coefficient (Wildman–Crippen LogP) is 5.31. The highest BCUT2D eigenvalue weighted by atomic mass is 19.1. The highest BCUT2D eigenvalue weighted by Crippen LogP contribution is 2.36. The molecular weight excluding hydrogens is 277 g/mol. The quantitative estimate of drug-likeness (QED) is 0.693. The lowest BCUT2D eigenvalue weighted by Gasteiger charge is -2.35. The van der Waals surface area contributed by atoms with Gasteiger partial charge in [0.05, 0.1) is 6.07 Å². The summed E-state index contributed by atoms with van der Waals surface area (Å²) >= 11 is 0. The highest BCUT2D eigenvalue weighted by Gasteiger charge is 2.32. The lowest BCUT2D eigenvalue weighted by molar-refractivity contribution is 0.0653. The minimum Gasteiger partial charge on any atom is -0.381 e. The molecule has 2 nitrogen and oxygen atoms in total. The third kappa shape index (κ3) is 5.27. The van der Waals surface area contributed by atoms with Crippen LogP contribution in [0.1, 0.15) is 51.7 Å². The predicted molar refractivity (Wildman–Crippen MR) is 90.3 cm³/mol. The summed E-state index contributed by atoms with van der Waals surface area (Å²) in [5.41, 5.74) is 1.31. The first-order valence-electron chi connectivity index (χ1n) is 8.10. The van der Waals surface area contributed by atoms with Gasteiger partial charge in [0.25, 0.3) is 0 Å². The Balaban J connectivity index is 0.00000102. The molecule has 1 aliphatic rings. The second-order valence-corrected chi connectivity index (χ2v) is 4.69. The standard InChI is InChI=1S/C15H16FNO.2C2H6/c1-12-3-4-13(11-14(12)16)15(5-2-8-17)6-9-18-10-7-15;2*1-2/h2-5,11H,6-7,9-10H2,1H3;2*1-2H3/b5-2+;;. The third-order valence-corrected chi connectivity index (χ3v) is 3.61. The largest absolute Gasteiger partial charge is 0.381 e. The molecule has 0 amide bonds. The molecule has 1 aliphatic heterocycles. The Hall–Kier alpha value is -1.66. The van der Waals surface area contributed by atoms with Gasteiger partial charge in [0.15, 0.2) is 0 Å². The summed E-state index contributed by atoms with van der Waals surface area (Å²) in [7, 11) is 0. The molecule has 1 aromatic carbocycles. The summed E-state index contributed by atoms with van der Waals surface area (Å²) in [6.45, 7) is 11.0. The van der Waals surface area contributed by atoms with E-state index in [1.807, 2.05) is 45.9 Å². The molecule has 0 spiro atoms. The average molecular weight is 305 g/mol. The van der Waals surface area contributed by atoms with Crippen molar-refractivity contribution in [3.05, 3.63) is 47.3 Å². The van der Waals surface area contributed by atoms with Gasteiger partial charge in [-0.25, -0.2) is 4.39 Å². The first-order valence-corrected chi connectivity index (χ1v) is 8.10. The Labute approximate surface area is 134 Å². The molecule has 0 aromatic heterocycles. The van der Waals surface area contributed by atoms with Crippen molar-refractivity contribution in [1.82, 2.24) is 0 Å². The molecule has 0 unspecified atom stereocenters. The van der Waals surface area contributed by atoms with E-state index in [1.54, 1.807) is 19.1 Å². The van der Waals surface area contributed by atoms with E-state index in [1.165, 1.54) is 6.08 Å². The fourth-order valence-electron chi connectivity index (χ4n) is 2.39. The van der Waals surface area contributed by atoms with Crippen LogP contribution in [0.5, 0.6) is 0 Å². The van der Waals surface area contributed by atoms with Crippen LogP contribution in [-0.4, -0.2) is 13.2 Å². The van der Waals surface area contributed by atoms with Crippen molar-refractivity contribution in [1.29, 1.82) is 5.26 Å². The van der Waals surface area contributed by atoms with E-state index in [-0.39, 0.29) is 11.2 Å². The van der Waals surface area contributed by atoms with Crippen molar-refractivity contribution in [3.63, 3.8) is 0 Å². The van der Waals surface area contributed by atoms with Gasteiger partial charge >= 0.3 is 0 Å². The maximum Gasteiger partial charge on any atom is 0.126 e. The van der Waals surface area contributed by atoms with Crippen molar-refractivity contribution in [2.75, 3.05) is 13.2 Å². The van der Waals surface area contributed by atoms with Crippen molar-refractivity contribution in [3.8, 4) is 6.07 Å². The number of hydrogen-bond donors (Lipinski definition) is 0. The molecule has 1 aromatic rings. The minimum atomic E-state index is -0.261. The molecule has 22 heavy (non-hydrogen) atoms. The zero-order valence-corrected chi connectivity index (χ0v) is 14.4. The van der Waals surface area contributed by atoms with Gasteiger partial charge in [-0.1, -0.05) is 45.9 Å². The average Bonchev–Trinajstić information content (AvgIpc) is 2.60. The van der Waals surface area contributed by atoms with Crippen LogP contribution >= 0.6 is 0 Å². The van der Waals surface area contributed by atoms with E-state index in [4.69, 9.17) is 10.00 Å². The van der Waals surface area contributed by atoms with Crippen molar-refractivity contribution in [2.45, 2.75) is 52.9 Å². The molecule has 1 fully saturated rings. The van der Waals surface area contributed by atoms with E-state index in [0.29, 0.717) is 18.8 Å². The Morgan fingerprint density at radius 1 is 1.18 bits per heavy atom. The van der Waals surface area contributed by atoms with E-state index in [9.17, 15) is 4.39 Å². The zero-order valence-electron chi connectivity index (χ0n) is 14.4. The Kier molecular flexibility index (Phi) is 10.2. The summed E-state index contributed by atoms with van der Waals surface area (Å²) in [6, 6.07) is 7.35. The maximum absolute atomic E-state index is 13.7. The van der Waals surface area contributed by atoms with Crippen LogP contribution in [0.25, 0.3) is 0 Å². The van der Waals surface area contributed by atoms with Gasteiger partial charge in [-0.2, -0.15) is 5.26 Å². The lowest BCUT2D eigenvalue weighted by atomic mass is 9.74. The Morgan fingerprint density at radius 2 is 1.77 bits per heavy atom. The molecule has 122 valence electrons. The first kappa shape index (κ1) is 20.3. The highest BCUT2D eigenvalue weighted by molar-refractivity contribution is 5.35. The van der Waals surface area contributed by atoms with E-state index in [2.05, 4.69) is 0 Å². The minimum absolute atomic E-state index is 0.191. The molecule has 1 saturated heterocycles. The first-order chi connectivity index (χ1) is 10.7. The molecule has 0 atom stereocenters. The van der Waals surface area contributed by atoms with Gasteiger partial charge in [0.2, 0.25) is 0 Å². The number of allylic oxidation sites excluding steroid dienone is 2. The number of aryl methyl sites for hydroxylation is 1. The van der Waals surface area contributed by atoms with Crippen LogP contribution in [0.15, 0.2) is 30.4 Å². The summed E-state index contributed by atoms with van der Waals surface area (Å²) in [6.07, 6.45) is 4.95. The van der Waals surface area contributed by atoms with Crippen LogP contribution < -0.4 is 0 Å².